The first-order valence-electron chi connectivity index (χ1n) is 9.47. The van der Waals surface area contributed by atoms with Crippen LogP contribution in [0.3, 0.4) is 0 Å². The summed E-state index contributed by atoms with van der Waals surface area (Å²) in [6.07, 6.45) is 11.0. The SMILES string of the molecule is CN(C)c1cc[n+](-c2nc(-[n+]3ccc(N)cc3)c(Cl)c(-[n+]3ccc(N)cc3)c2Cl)cc1. The summed E-state index contributed by atoms with van der Waals surface area (Å²) in [6.45, 7) is 0. The van der Waals surface area contributed by atoms with Gasteiger partial charge in [0.25, 0.3) is 5.69 Å². The number of hydrogen-bond donors (Lipinski definition) is 2. The predicted octanol–water partition coefficient (Wildman–Crippen LogP) is 2.45. The summed E-state index contributed by atoms with van der Waals surface area (Å²) in [5.74, 6) is 1.06. The van der Waals surface area contributed by atoms with Crippen LogP contribution >= 0.6 is 23.2 Å². The van der Waals surface area contributed by atoms with Gasteiger partial charge >= 0.3 is 11.6 Å². The Morgan fingerprint density at radius 2 is 1.06 bits per heavy atom. The van der Waals surface area contributed by atoms with E-state index in [1.807, 2.05) is 65.0 Å². The molecule has 0 aromatic carbocycles. The van der Waals surface area contributed by atoms with Crippen molar-refractivity contribution in [3.8, 4) is 17.3 Å². The maximum atomic E-state index is 6.85. The molecule has 0 radical (unpaired) electrons. The van der Waals surface area contributed by atoms with Gasteiger partial charge in [0.2, 0.25) is 10.0 Å². The Balaban J connectivity index is 1.97. The van der Waals surface area contributed by atoms with Crippen molar-refractivity contribution in [3.05, 3.63) is 83.6 Å². The molecule has 31 heavy (non-hydrogen) atoms. The van der Waals surface area contributed by atoms with Crippen LogP contribution in [0.5, 0.6) is 0 Å². The van der Waals surface area contributed by atoms with Crippen LogP contribution in [-0.4, -0.2) is 19.1 Å². The van der Waals surface area contributed by atoms with Gasteiger partial charge in [-0.3, -0.25) is 0 Å². The van der Waals surface area contributed by atoms with Crippen molar-refractivity contribution >= 4 is 40.3 Å². The van der Waals surface area contributed by atoms with Crippen molar-refractivity contribution in [2.45, 2.75) is 0 Å². The van der Waals surface area contributed by atoms with Gasteiger partial charge in [-0.05, 0) is 0 Å². The second-order valence-corrected chi connectivity index (χ2v) is 7.93. The van der Waals surface area contributed by atoms with Gasteiger partial charge in [-0.15, -0.1) is 0 Å². The molecule has 0 aliphatic carbocycles. The fraction of sp³-hybridized carbons (Fsp3) is 0.0909. The van der Waals surface area contributed by atoms with Crippen LogP contribution in [0.25, 0.3) is 17.3 Å². The second kappa shape index (κ2) is 8.37. The lowest BCUT2D eigenvalue weighted by molar-refractivity contribution is -0.617. The van der Waals surface area contributed by atoms with E-state index < -0.39 is 0 Å². The third-order valence-electron chi connectivity index (χ3n) is 4.81. The Morgan fingerprint density at radius 1 is 0.677 bits per heavy atom. The Morgan fingerprint density at radius 3 is 1.48 bits per heavy atom. The lowest BCUT2D eigenvalue weighted by Gasteiger charge is -2.11. The van der Waals surface area contributed by atoms with Gasteiger partial charge in [0.1, 0.15) is 0 Å². The molecule has 4 heterocycles. The number of rotatable bonds is 4. The Bertz CT molecular complexity index is 1220. The zero-order valence-corrected chi connectivity index (χ0v) is 18.6. The lowest BCUT2D eigenvalue weighted by atomic mass is 10.3. The van der Waals surface area contributed by atoms with Gasteiger partial charge < -0.3 is 16.4 Å². The summed E-state index contributed by atoms with van der Waals surface area (Å²) in [7, 11) is 3.97. The highest BCUT2D eigenvalue weighted by molar-refractivity contribution is 6.38. The molecule has 0 saturated carbocycles. The molecule has 4 rings (SSSR count). The summed E-state index contributed by atoms with van der Waals surface area (Å²) >= 11 is 13.7. The van der Waals surface area contributed by atoms with Crippen molar-refractivity contribution in [3.63, 3.8) is 0 Å². The van der Waals surface area contributed by atoms with Crippen LogP contribution in [-0.2, 0) is 0 Å². The molecule has 0 saturated heterocycles. The average Bonchev–Trinajstić information content (AvgIpc) is 2.76. The van der Waals surface area contributed by atoms with E-state index in [1.165, 1.54) is 0 Å². The van der Waals surface area contributed by atoms with Gasteiger partial charge in [-0.2, -0.15) is 4.57 Å². The highest BCUT2D eigenvalue weighted by Crippen LogP contribution is 2.30. The number of pyridine rings is 4. The van der Waals surface area contributed by atoms with Crippen molar-refractivity contribution in [1.29, 1.82) is 0 Å². The molecule has 0 atom stereocenters. The van der Waals surface area contributed by atoms with Crippen LogP contribution in [0.4, 0.5) is 17.1 Å². The Kier molecular flexibility index (Phi) is 5.63. The maximum absolute atomic E-state index is 6.85. The third kappa shape index (κ3) is 4.10. The molecule has 0 unspecified atom stereocenters. The van der Waals surface area contributed by atoms with E-state index in [4.69, 9.17) is 39.7 Å². The summed E-state index contributed by atoms with van der Waals surface area (Å²) in [5.41, 5.74) is 14.6. The molecule has 0 aliphatic rings. The third-order valence-corrected chi connectivity index (χ3v) is 5.50. The molecule has 4 aromatic rings. The summed E-state index contributed by atoms with van der Waals surface area (Å²) in [5, 5.41) is 0.797. The highest BCUT2D eigenvalue weighted by atomic mass is 35.5. The normalized spacial score (nSPS) is 10.8. The molecule has 0 amide bonds. The standard InChI is InChI=1S/C22H20Cl2N7/c1-28(2)17-7-13-31(14-8-17)22-19(24)20(29-9-3-15(25)4-10-29)18(23)21(27-22)30-11-5-16(26)6-12-30/h3-14,25-26H,1-2H3/q+1/p+2. The van der Waals surface area contributed by atoms with E-state index in [0.717, 1.165) is 5.69 Å². The Labute approximate surface area is 190 Å². The van der Waals surface area contributed by atoms with E-state index in [-0.39, 0.29) is 0 Å². The van der Waals surface area contributed by atoms with Crippen molar-refractivity contribution in [2.75, 3.05) is 30.5 Å². The first-order chi connectivity index (χ1) is 14.8. The number of nitrogen functional groups attached to an aromatic ring is 2. The van der Waals surface area contributed by atoms with Crippen LogP contribution in [0.2, 0.25) is 10.0 Å². The smallest absolute Gasteiger partial charge is 0.358 e. The van der Waals surface area contributed by atoms with Crippen molar-refractivity contribution in [2.24, 2.45) is 0 Å². The van der Waals surface area contributed by atoms with E-state index >= 15 is 0 Å². The number of hydrogen-bond acceptors (Lipinski definition) is 4. The number of anilines is 3. The molecule has 0 fully saturated rings. The predicted molar refractivity (Wildman–Crippen MR) is 122 cm³/mol. The number of nitrogens with zero attached hydrogens (tertiary/aromatic N) is 5. The largest absolute Gasteiger partial charge is 0.399 e. The number of halogens is 2. The topological polar surface area (TPSA) is 79.8 Å². The molecule has 9 heteroatoms. The minimum atomic E-state index is 0.392. The summed E-state index contributed by atoms with van der Waals surface area (Å²) in [4.78, 5) is 6.81. The van der Waals surface area contributed by atoms with E-state index in [1.54, 1.807) is 41.2 Å². The maximum Gasteiger partial charge on any atom is 0.358 e. The van der Waals surface area contributed by atoms with Crippen LogP contribution in [0, 0.1) is 0 Å². The van der Waals surface area contributed by atoms with E-state index in [2.05, 4.69) is 0 Å². The first-order valence-corrected chi connectivity index (χ1v) is 10.2. The van der Waals surface area contributed by atoms with E-state index in [0.29, 0.717) is 38.7 Å². The molecule has 156 valence electrons. The molecule has 4 N–H and O–H groups in total. The fourth-order valence-corrected chi connectivity index (χ4v) is 3.81. The summed E-state index contributed by atoms with van der Waals surface area (Å²) < 4.78 is 5.48. The van der Waals surface area contributed by atoms with Gasteiger partial charge in [-0.25, -0.2) is 9.13 Å². The fourth-order valence-electron chi connectivity index (χ4n) is 3.10. The van der Waals surface area contributed by atoms with Crippen LogP contribution in [0.15, 0.2) is 73.6 Å². The van der Waals surface area contributed by atoms with Gasteiger partial charge in [0, 0.05) is 72.5 Å². The van der Waals surface area contributed by atoms with Crippen LogP contribution < -0.4 is 30.1 Å². The number of aromatic nitrogens is 4. The zero-order valence-electron chi connectivity index (χ0n) is 17.1. The van der Waals surface area contributed by atoms with Crippen molar-refractivity contribution in [1.82, 2.24) is 4.98 Å². The monoisotopic (exact) mass is 454 g/mol. The molecule has 7 nitrogen and oxygen atoms in total. The molecule has 0 aliphatic heterocycles. The minimum absolute atomic E-state index is 0.392. The molecular formula is C22H22Cl2N7+3. The lowest BCUT2D eigenvalue weighted by Crippen LogP contribution is -2.40. The summed E-state index contributed by atoms with van der Waals surface area (Å²) in [6, 6.07) is 11.1. The quantitative estimate of drug-likeness (QED) is 0.464. The average molecular weight is 455 g/mol. The number of nitrogens with two attached hydrogens (primary N) is 2. The van der Waals surface area contributed by atoms with Gasteiger partial charge in [0.15, 0.2) is 12.4 Å². The zero-order chi connectivity index (χ0) is 22.1. The van der Waals surface area contributed by atoms with Gasteiger partial charge in [0.05, 0.1) is 24.8 Å². The highest BCUT2D eigenvalue weighted by Gasteiger charge is 2.34. The molecular weight excluding hydrogens is 433 g/mol. The van der Waals surface area contributed by atoms with Gasteiger partial charge in [-0.1, -0.05) is 23.2 Å². The minimum Gasteiger partial charge on any atom is -0.399 e. The van der Waals surface area contributed by atoms with E-state index in [9.17, 15) is 0 Å². The Hall–Kier alpha value is -3.42. The van der Waals surface area contributed by atoms with Crippen molar-refractivity contribution < 1.29 is 13.7 Å². The van der Waals surface area contributed by atoms with Crippen LogP contribution in [0.1, 0.15) is 0 Å². The second-order valence-electron chi connectivity index (χ2n) is 7.17. The molecule has 4 aromatic heterocycles. The molecule has 0 spiro atoms. The molecule has 0 bridgehead atoms. The first kappa shape index (κ1) is 20.8.